The van der Waals surface area contributed by atoms with E-state index in [1.165, 1.54) is 4.90 Å². The van der Waals surface area contributed by atoms with Gasteiger partial charge in [0.05, 0.1) is 37.5 Å². The molecule has 7 heteroatoms. The maximum Gasteiger partial charge on any atom is 0.254 e. The standard InChI is InChI=1S/C27H25N3O4/c1-30(17-26(31)28-19-10-14-21(34-3)15-11-19)27(32)23-16-25(18-8-12-20(33-2)13-9-18)29-24-7-5-4-6-22(23)24/h4-16H,17H2,1-3H3,(H,28,31). The monoisotopic (exact) mass is 455 g/mol. The Morgan fingerprint density at radius 3 is 2.15 bits per heavy atom. The van der Waals surface area contributed by atoms with Gasteiger partial charge in [0.1, 0.15) is 11.5 Å². The van der Waals surface area contributed by atoms with Crippen molar-refractivity contribution in [2.24, 2.45) is 0 Å². The molecule has 0 saturated carbocycles. The maximum absolute atomic E-state index is 13.4. The number of para-hydroxylation sites is 1. The van der Waals surface area contributed by atoms with Crippen LogP contribution in [0.4, 0.5) is 5.69 Å². The lowest BCUT2D eigenvalue weighted by Gasteiger charge is -2.19. The number of carbonyl (C=O) groups excluding carboxylic acids is 2. The van der Waals surface area contributed by atoms with Crippen LogP contribution in [0.15, 0.2) is 78.9 Å². The van der Waals surface area contributed by atoms with E-state index in [2.05, 4.69) is 5.32 Å². The second kappa shape index (κ2) is 10.0. The first-order chi connectivity index (χ1) is 16.5. The topological polar surface area (TPSA) is 80.8 Å². The van der Waals surface area contributed by atoms with Crippen LogP contribution in [-0.4, -0.2) is 49.5 Å². The van der Waals surface area contributed by atoms with Gasteiger partial charge in [-0.2, -0.15) is 0 Å². The fraction of sp³-hybridized carbons (Fsp3) is 0.148. The molecule has 0 aliphatic rings. The fourth-order valence-corrected chi connectivity index (χ4v) is 3.63. The van der Waals surface area contributed by atoms with E-state index in [0.29, 0.717) is 28.2 Å². The van der Waals surface area contributed by atoms with Gasteiger partial charge in [-0.25, -0.2) is 4.98 Å². The van der Waals surface area contributed by atoms with Crippen molar-refractivity contribution in [3.05, 3.63) is 84.4 Å². The van der Waals surface area contributed by atoms with Crippen LogP contribution >= 0.6 is 0 Å². The molecule has 1 heterocycles. The molecule has 4 aromatic rings. The molecule has 0 aliphatic carbocycles. The van der Waals surface area contributed by atoms with E-state index in [9.17, 15) is 9.59 Å². The normalized spacial score (nSPS) is 10.6. The minimum Gasteiger partial charge on any atom is -0.497 e. The third-order valence-corrected chi connectivity index (χ3v) is 5.43. The predicted molar refractivity (Wildman–Crippen MR) is 132 cm³/mol. The number of amides is 2. The molecule has 0 spiro atoms. The summed E-state index contributed by atoms with van der Waals surface area (Å²) in [5.74, 6) is 0.874. The van der Waals surface area contributed by atoms with Crippen LogP contribution < -0.4 is 14.8 Å². The Hall–Kier alpha value is -4.39. The number of hydrogen-bond donors (Lipinski definition) is 1. The number of aromatic nitrogens is 1. The van der Waals surface area contributed by atoms with Crippen LogP contribution in [-0.2, 0) is 4.79 Å². The van der Waals surface area contributed by atoms with E-state index in [1.54, 1.807) is 51.6 Å². The first kappa shape index (κ1) is 22.8. The third kappa shape index (κ3) is 4.99. The van der Waals surface area contributed by atoms with Gasteiger partial charge in [0, 0.05) is 23.7 Å². The first-order valence-corrected chi connectivity index (χ1v) is 10.7. The minimum absolute atomic E-state index is 0.0978. The lowest BCUT2D eigenvalue weighted by molar-refractivity contribution is -0.116. The number of ether oxygens (including phenoxy) is 2. The minimum atomic E-state index is -0.297. The number of hydrogen-bond acceptors (Lipinski definition) is 5. The highest BCUT2D eigenvalue weighted by molar-refractivity contribution is 6.08. The molecule has 7 nitrogen and oxygen atoms in total. The van der Waals surface area contributed by atoms with Gasteiger partial charge in [0.25, 0.3) is 5.91 Å². The Labute approximate surface area is 197 Å². The average molecular weight is 456 g/mol. The van der Waals surface area contributed by atoms with Crippen molar-refractivity contribution in [3.63, 3.8) is 0 Å². The van der Waals surface area contributed by atoms with Crippen LogP contribution in [0.3, 0.4) is 0 Å². The Morgan fingerprint density at radius 2 is 1.50 bits per heavy atom. The van der Waals surface area contributed by atoms with Crippen molar-refractivity contribution in [2.75, 3.05) is 33.1 Å². The molecule has 3 aromatic carbocycles. The van der Waals surface area contributed by atoms with Gasteiger partial charge in [-0.3, -0.25) is 9.59 Å². The Balaban J connectivity index is 1.58. The Morgan fingerprint density at radius 1 is 0.882 bits per heavy atom. The molecule has 0 atom stereocenters. The van der Waals surface area contributed by atoms with Crippen LogP contribution in [0.2, 0.25) is 0 Å². The van der Waals surface area contributed by atoms with E-state index in [1.807, 2.05) is 48.5 Å². The number of pyridine rings is 1. The van der Waals surface area contributed by atoms with Gasteiger partial charge in [-0.05, 0) is 60.7 Å². The Kier molecular flexibility index (Phi) is 6.73. The Bertz CT molecular complexity index is 1320. The maximum atomic E-state index is 13.4. The molecule has 0 radical (unpaired) electrons. The second-order valence-corrected chi connectivity index (χ2v) is 7.74. The lowest BCUT2D eigenvalue weighted by atomic mass is 10.0. The molecule has 4 rings (SSSR count). The van der Waals surface area contributed by atoms with Crippen LogP contribution in [0.5, 0.6) is 11.5 Å². The summed E-state index contributed by atoms with van der Waals surface area (Å²) in [6.07, 6.45) is 0. The largest absolute Gasteiger partial charge is 0.497 e. The van der Waals surface area contributed by atoms with Gasteiger partial charge in [-0.1, -0.05) is 18.2 Å². The highest BCUT2D eigenvalue weighted by Crippen LogP contribution is 2.27. The zero-order valence-corrected chi connectivity index (χ0v) is 19.2. The number of likely N-dealkylation sites (N-methyl/N-ethyl adjacent to an activating group) is 1. The number of fused-ring (bicyclic) bond motifs is 1. The lowest BCUT2D eigenvalue weighted by Crippen LogP contribution is -2.35. The molecule has 2 amide bonds. The van der Waals surface area contributed by atoms with Crippen molar-refractivity contribution in [1.29, 1.82) is 0 Å². The summed E-state index contributed by atoms with van der Waals surface area (Å²) < 4.78 is 10.4. The van der Waals surface area contributed by atoms with Crippen LogP contribution in [0.1, 0.15) is 10.4 Å². The number of methoxy groups -OCH3 is 2. The second-order valence-electron chi connectivity index (χ2n) is 7.74. The number of rotatable bonds is 7. The molecule has 0 bridgehead atoms. The number of nitrogens with one attached hydrogen (secondary N) is 1. The zero-order valence-electron chi connectivity index (χ0n) is 19.2. The van der Waals surface area contributed by atoms with Crippen molar-refractivity contribution >= 4 is 28.4 Å². The molecule has 1 N–H and O–H groups in total. The number of nitrogens with zero attached hydrogens (tertiary/aromatic N) is 2. The van der Waals surface area contributed by atoms with E-state index in [0.717, 1.165) is 16.7 Å². The summed E-state index contributed by atoms with van der Waals surface area (Å²) in [7, 11) is 4.80. The van der Waals surface area contributed by atoms with E-state index < -0.39 is 0 Å². The summed E-state index contributed by atoms with van der Waals surface area (Å²) in [6, 6.07) is 23.8. The van der Waals surface area contributed by atoms with Gasteiger partial charge in [0.15, 0.2) is 0 Å². The van der Waals surface area contributed by atoms with Gasteiger partial charge in [-0.15, -0.1) is 0 Å². The smallest absolute Gasteiger partial charge is 0.254 e. The molecule has 0 fully saturated rings. The van der Waals surface area contributed by atoms with Crippen molar-refractivity contribution < 1.29 is 19.1 Å². The zero-order chi connectivity index (χ0) is 24.1. The number of benzene rings is 3. The molecular weight excluding hydrogens is 430 g/mol. The molecule has 172 valence electrons. The van der Waals surface area contributed by atoms with Gasteiger partial charge < -0.3 is 19.7 Å². The molecule has 0 saturated heterocycles. The highest BCUT2D eigenvalue weighted by Gasteiger charge is 2.19. The fourth-order valence-electron chi connectivity index (χ4n) is 3.63. The molecular formula is C27H25N3O4. The van der Waals surface area contributed by atoms with Crippen molar-refractivity contribution in [3.8, 4) is 22.8 Å². The van der Waals surface area contributed by atoms with Gasteiger partial charge >= 0.3 is 0 Å². The predicted octanol–water partition coefficient (Wildman–Crippen LogP) is 4.63. The highest BCUT2D eigenvalue weighted by atomic mass is 16.5. The van der Waals surface area contributed by atoms with E-state index in [-0.39, 0.29) is 18.4 Å². The molecule has 0 aliphatic heterocycles. The van der Waals surface area contributed by atoms with Crippen molar-refractivity contribution in [2.45, 2.75) is 0 Å². The summed E-state index contributed by atoms with van der Waals surface area (Å²) in [6.45, 7) is -0.0978. The quantitative estimate of drug-likeness (QED) is 0.440. The third-order valence-electron chi connectivity index (χ3n) is 5.43. The van der Waals surface area contributed by atoms with E-state index in [4.69, 9.17) is 14.5 Å². The number of carbonyl (C=O) groups is 2. The molecule has 1 aromatic heterocycles. The summed E-state index contributed by atoms with van der Waals surface area (Å²) in [4.78, 5) is 32.1. The SMILES string of the molecule is COc1ccc(NC(=O)CN(C)C(=O)c2cc(-c3ccc(OC)cc3)nc3ccccc23)cc1. The molecule has 0 unspecified atom stereocenters. The average Bonchev–Trinajstić information content (AvgIpc) is 2.88. The molecule has 34 heavy (non-hydrogen) atoms. The van der Waals surface area contributed by atoms with E-state index >= 15 is 0 Å². The summed E-state index contributed by atoms with van der Waals surface area (Å²) >= 11 is 0. The summed E-state index contributed by atoms with van der Waals surface area (Å²) in [5.41, 5.74) is 3.34. The van der Waals surface area contributed by atoms with Crippen LogP contribution in [0.25, 0.3) is 22.2 Å². The summed E-state index contributed by atoms with van der Waals surface area (Å²) in [5, 5.41) is 3.53. The van der Waals surface area contributed by atoms with Gasteiger partial charge in [0.2, 0.25) is 5.91 Å². The van der Waals surface area contributed by atoms with Crippen LogP contribution in [0, 0.1) is 0 Å². The first-order valence-electron chi connectivity index (χ1n) is 10.7. The number of anilines is 1. The van der Waals surface area contributed by atoms with Crippen molar-refractivity contribution in [1.82, 2.24) is 9.88 Å².